The van der Waals surface area contributed by atoms with Crippen molar-refractivity contribution in [1.29, 1.82) is 0 Å². The zero-order valence-corrected chi connectivity index (χ0v) is 26.0. The molecule has 0 saturated heterocycles. The summed E-state index contributed by atoms with van der Waals surface area (Å²) in [5, 5.41) is 2.95. The van der Waals surface area contributed by atoms with Gasteiger partial charge in [0.15, 0.2) is 0 Å². The highest BCUT2D eigenvalue weighted by Crippen LogP contribution is 2.27. The molecule has 1 unspecified atom stereocenters. The first-order valence-corrected chi connectivity index (χ1v) is 16.2. The quantitative estimate of drug-likeness (QED) is 0.193. The predicted molar refractivity (Wildman–Crippen MR) is 173 cm³/mol. The number of hydrogen-bond acceptors (Lipinski definition) is 5. The maximum Gasteiger partial charge on any atom is 0.264 e. The monoisotopic (exact) mass is 613 g/mol. The van der Waals surface area contributed by atoms with E-state index in [2.05, 4.69) is 5.32 Å². The van der Waals surface area contributed by atoms with Gasteiger partial charge in [0.1, 0.15) is 18.3 Å². The van der Waals surface area contributed by atoms with E-state index in [1.54, 1.807) is 42.5 Å². The van der Waals surface area contributed by atoms with Crippen LogP contribution in [0, 0.1) is 0 Å². The van der Waals surface area contributed by atoms with Gasteiger partial charge in [0.25, 0.3) is 10.0 Å². The molecule has 0 aliphatic rings. The Kier molecular flexibility index (Phi) is 11.5. The summed E-state index contributed by atoms with van der Waals surface area (Å²) >= 11 is 0. The van der Waals surface area contributed by atoms with Crippen molar-refractivity contribution in [2.75, 3.05) is 24.0 Å². The molecule has 0 aromatic heterocycles. The van der Waals surface area contributed by atoms with Gasteiger partial charge in [-0.15, -0.1) is 0 Å². The van der Waals surface area contributed by atoms with E-state index >= 15 is 0 Å². The lowest BCUT2D eigenvalue weighted by molar-refractivity contribution is -0.140. The minimum Gasteiger partial charge on any atom is -0.494 e. The van der Waals surface area contributed by atoms with Crippen molar-refractivity contribution in [3.8, 4) is 5.75 Å². The smallest absolute Gasteiger partial charge is 0.264 e. The Hall–Kier alpha value is -4.63. The lowest BCUT2D eigenvalue weighted by atomic mass is 10.0. The third kappa shape index (κ3) is 8.48. The largest absolute Gasteiger partial charge is 0.494 e. The van der Waals surface area contributed by atoms with Gasteiger partial charge in [-0.05, 0) is 60.9 Å². The van der Waals surface area contributed by atoms with Crippen molar-refractivity contribution in [3.05, 3.63) is 126 Å². The molecule has 230 valence electrons. The number of anilines is 1. The molecular formula is C35H39N3O5S. The van der Waals surface area contributed by atoms with Gasteiger partial charge in [0, 0.05) is 19.5 Å². The van der Waals surface area contributed by atoms with Crippen molar-refractivity contribution in [2.24, 2.45) is 0 Å². The van der Waals surface area contributed by atoms with Gasteiger partial charge in [-0.3, -0.25) is 13.9 Å². The fraction of sp³-hybridized carbons (Fsp3) is 0.257. The fourth-order valence-corrected chi connectivity index (χ4v) is 6.26. The van der Waals surface area contributed by atoms with E-state index < -0.39 is 28.5 Å². The van der Waals surface area contributed by atoms with E-state index in [0.29, 0.717) is 24.6 Å². The maximum atomic E-state index is 14.4. The SMILES string of the molecule is CCCNC(=O)C(Cc1ccccc1)N(Cc1ccccc1)C(=O)CN(c1ccc(OCC)cc1)S(=O)(=O)c1ccccc1. The van der Waals surface area contributed by atoms with Crippen LogP contribution in [0.25, 0.3) is 0 Å². The second-order valence-electron chi connectivity index (χ2n) is 10.3. The molecule has 4 aromatic carbocycles. The second-order valence-corrected chi connectivity index (χ2v) is 12.1. The van der Waals surface area contributed by atoms with Crippen molar-refractivity contribution in [2.45, 2.75) is 44.2 Å². The summed E-state index contributed by atoms with van der Waals surface area (Å²) in [5.41, 5.74) is 2.01. The molecule has 8 nitrogen and oxygen atoms in total. The molecule has 4 aromatic rings. The molecular weight excluding hydrogens is 574 g/mol. The Bertz CT molecular complexity index is 1580. The maximum absolute atomic E-state index is 14.4. The fourth-order valence-electron chi connectivity index (χ4n) is 4.82. The summed E-state index contributed by atoms with van der Waals surface area (Å²) in [4.78, 5) is 29.6. The van der Waals surface area contributed by atoms with Crippen LogP contribution in [0.15, 0.2) is 120 Å². The van der Waals surface area contributed by atoms with Gasteiger partial charge in [0.2, 0.25) is 11.8 Å². The van der Waals surface area contributed by atoms with Crippen LogP contribution in [0.4, 0.5) is 5.69 Å². The van der Waals surface area contributed by atoms with Crippen molar-refractivity contribution in [3.63, 3.8) is 0 Å². The molecule has 1 N–H and O–H groups in total. The Labute approximate surface area is 260 Å². The number of sulfonamides is 1. The summed E-state index contributed by atoms with van der Waals surface area (Å²) in [5.74, 6) is -0.214. The number of hydrogen-bond donors (Lipinski definition) is 1. The lowest BCUT2D eigenvalue weighted by Crippen LogP contribution is -2.53. The van der Waals surface area contributed by atoms with E-state index in [1.165, 1.54) is 17.0 Å². The molecule has 9 heteroatoms. The molecule has 0 aliphatic carbocycles. The minimum absolute atomic E-state index is 0.0535. The van der Waals surface area contributed by atoms with E-state index in [-0.39, 0.29) is 23.8 Å². The molecule has 0 aliphatic heterocycles. The van der Waals surface area contributed by atoms with Crippen molar-refractivity contribution in [1.82, 2.24) is 10.2 Å². The van der Waals surface area contributed by atoms with Crippen molar-refractivity contribution >= 4 is 27.5 Å². The number of nitrogens with zero attached hydrogens (tertiary/aromatic N) is 2. The van der Waals surface area contributed by atoms with E-state index in [4.69, 9.17) is 4.74 Å². The summed E-state index contributed by atoms with van der Waals surface area (Å²) in [6.07, 6.45) is 1.00. The molecule has 1 atom stereocenters. The highest BCUT2D eigenvalue weighted by molar-refractivity contribution is 7.92. The normalized spacial score (nSPS) is 11.8. The molecule has 0 heterocycles. The van der Waals surface area contributed by atoms with Gasteiger partial charge >= 0.3 is 0 Å². The molecule has 0 spiro atoms. The average Bonchev–Trinajstić information content (AvgIpc) is 3.06. The van der Waals surface area contributed by atoms with Crippen LogP contribution in [0.3, 0.4) is 0 Å². The third-order valence-corrected chi connectivity index (χ3v) is 8.85. The van der Waals surface area contributed by atoms with Gasteiger partial charge in [-0.2, -0.15) is 0 Å². The zero-order chi connectivity index (χ0) is 31.4. The number of amides is 2. The molecule has 0 radical (unpaired) electrons. The molecule has 0 fully saturated rings. The average molecular weight is 614 g/mol. The Balaban J connectivity index is 1.77. The van der Waals surface area contributed by atoms with Crippen molar-refractivity contribution < 1.29 is 22.7 Å². The Morgan fingerprint density at radius 1 is 0.773 bits per heavy atom. The minimum atomic E-state index is -4.16. The number of rotatable bonds is 15. The van der Waals surface area contributed by atoms with Crippen LogP contribution in [0.2, 0.25) is 0 Å². The highest BCUT2D eigenvalue weighted by Gasteiger charge is 2.34. The first-order chi connectivity index (χ1) is 21.3. The summed E-state index contributed by atoms with van der Waals surface area (Å²) < 4.78 is 34.7. The predicted octanol–water partition coefficient (Wildman–Crippen LogP) is 5.45. The van der Waals surface area contributed by atoms with Crippen LogP contribution in [0.1, 0.15) is 31.4 Å². The summed E-state index contributed by atoms with van der Waals surface area (Å²) in [6, 6.07) is 32.6. The summed E-state index contributed by atoms with van der Waals surface area (Å²) in [6.45, 7) is 4.36. The van der Waals surface area contributed by atoms with Gasteiger partial charge < -0.3 is 15.0 Å². The first kappa shape index (κ1) is 32.3. The molecule has 0 saturated carbocycles. The Morgan fingerprint density at radius 2 is 1.34 bits per heavy atom. The zero-order valence-electron chi connectivity index (χ0n) is 25.1. The molecule has 2 amide bonds. The molecule has 4 rings (SSSR count). The number of nitrogens with one attached hydrogen (secondary N) is 1. The number of carbonyl (C=O) groups is 2. The molecule has 44 heavy (non-hydrogen) atoms. The first-order valence-electron chi connectivity index (χ1n) is 14.8. The topological polar surface area (TPSA) is 96.0 Å². The standard InChI is InChI=1S/C35H39N3O5S/c1-3-24-36-35(40)33(25-28-14-8-5-9-15-28)37(26-29-16-10-6-11-17-29)34(39)27-38(30-20-22-31(23-21-30)43-4-2)44(41,42)32-18-12-7-13-19-32/h5-23,33H,3-4,24-27H2,1-2H3,(H,36,40). The van der Waals surface area contributed by atoms with Crippen LogP contribution in [-0.4, -0.2) is 50.9 Å². The number of benzene rings is 4. The number of ether oxygens (including phenoxy) is 1. The van der Waals surface area contributed by atoms with Crippen LogP contribution >= 0.6 is 0 Å². The number of carbonyl (C=O) groups excluding carboxylic acids is 2. The lowest BCUT2D eigenvalue weighted by Gasteiger charge is -2.34. The van der Waals surface area contributed by atoms with Crippen LogP contribution in [0.5, 0.6) is 5.75 Å². The Morgan fingerprint density at radius 3 is 1.91 bits per heavy atom. The molecule has 0 bridgehead atoms. The third-order valence-electron chi connectivity index (χ3n) is 7.06. The van der Waals surface area contributed by atoms with Crippen LogP contribution < -0.4 is 14.4 Å². The van der Waals surface area contributed by atoms with Gasteiger partial charge in [0.05, 0.1) is 17.2 Å². The van der Waals surface area contributed by atoms with E-state index in [0.717, 1.165) is 21.9 Å². The second kappa shape index (κ2) is 15.7. The summed E-state index contributed by atoms with van der Waals surface area (Å²) in [7, 11) is -4.16. The van der Waals surface area contributed by atoms with E-state index in [9.17, 15) is 18.0 Å². The van der Waals surface area contributed by atoms with Gasteiger partial charge in [-0.1, -0.05) is 85.8 Å². The van der Waals surface area contributed by atoms with Gasteiger partial charge in [-0.25, -0.2) is 8.42 Å². The van der Waals surface area contributed by atoms with Crippen LogP contribution in [-0.2, 0) is 32.6 Å². The van der Waals surface area contributed by atoms with E-state index in [1.807, 2.05) is 74.5 Å². The highest BCUT2D eigenvalue weighted by atomic mass is 32.2.